The molecule has 6 nitrogen and oxygen atoms in total. The zero-order chi connectivity index (χ0) is 10.8. The van der Waals surface area contributed by atoms with Crippen molar-refractivity contribution in [2.24, 2.45) is 0 Å². The molecule has 0 aliphatic carbocycles. The van der Waals surface area contributed by atoms with E-state index in [-0.39, 0.29) is 5.75 Å². The topological polar surface area (TPSA) is 75.3 Å². The summed E-state index contributed by atoms with van der Waals surface area (Å²) in [4.78, 5) is 9.67. The molecule has 0 unspecified atom stereocenters. The summed E-state index contributed by atoms with van der Waals surface area (Å²) in [5, 5.41) is 13.0. The maximum absolute atomic E-state index is 9.23. The number of nitrogens with zero attached hydrogens (tertiary/aromatic N) is 4. The van der Waals surface area contributed by atoms with Gasteiger partial charge in [0.1, 0.15) is 5.75 Å². The molecule has 0 spiro atoms. The molecule has 1 N–H and O–H groups in total. The van der Waals surface area contributed by atoms with Crippen LogP contribution in [-0.4, -0.2) is 34.3 Å². The summed E-state index contributed by atoms with van der Waals surface area (Å²) in [6, 6.07) is 1.51. The molecular formula is C9H10N4O2. The molecular weight excluding hydrogens is 196 g/mol. The average molecular weight is 206 g/mol. The van der Waals surface area contributed by atoms with Crippen LogP contribution in [0.25, 0.3) is 11.5 Å². The van der Waals surface area contributed by atoms with E-state index in [1.807, 2.05) is 14.1 Å². The minimum absolute atomic E-state index is 0.0668. The maximum Gasteiger partial charge on any atom is 0.265 e. The van der Waals surface area contributed by atoms with Gasteiger partial charge in [-0.05, 0) is 11.2 Å². The summed E-state index contributed by atoms with van der Waals surface area (Å²) < 4.78 is 5.01. The van der Waals surface area contributed by atoms with Gasteiger partial charge < -0.3 is 14.5 Å². The van der Waals surface area contributed by atoms with Crippen molar-refractivity contribution in [3.05, 3.63) is 18.5 Å². The van der Waals surface area contributed by atoms with Crippen LogP contribution in [-0.2, 0) is 0 Å². The molecule has 2 rings (SSSR count). The Bertz CT molecular complexity index is 467. The van der Waals surface area contributed by atoms with Crippen LogP contribution in [0.3, 0.4) is 0 Å². The molecule has 6 heteroatoms. The SMILES string of the molecule is CN(C)c1noc(-c2cncc(O)c2)n1. The Morgan fingerprint density at radius 1 is 1.33 bits per heavy atom. The van der Waals surface area contributed by atoms with E-state index < -0.39 is 0 Å². The molecule has 0 aromatic carbocycles. The predicted octanol–water partition coefficient (Wildman–Crippen LogP) is 0.903. The molecule has 0 aliphatic heterocycles. The molecule has 15 heavy (non-hydrogen) atoms. The van der Waals surface area contributed by atoms with Crippen LogP contribution in [0.5, 0.6) is 5.75 Å². The Morgan fingerprint density at radius 2 is 2.13 bits per heavy atom. The smallest absolute Gasteiger partial charge is 0.265 e. The van der Waals surface area contributed by atoms with Gasteiger partial charge in [0.25, 0.3) is 11.8 Å². The van der Waals surface area contributed by atoms with E-state index in [0.717, 1.165) is 0 Å². The molecule has 0 fully saturated rings. The zero-order valence-corrected chi connectivity index (χ0v) is 8.38. The van der Waals surface area contributed by atoms with E-state index in [4.69, 9.17) is 4.52 Å². The second-order valence-electron chi connectivity index (χ2n) is 3.23. The summed E-state index contributed by atoms with van der Waals surface area (Å²) in [7, 11) is 3.63. The lowest BCUT2D eigenvalue weighted by Crippen LogP contribution is -2.09. The molecule has 78 valence electrons. The number of pyridine rings is 1. The van der Waals surface area contributed by atoms with Crippen LogP contribution in [0.15, 0.2) is 23.0 Å². The number of aromatic hydroxyl groups is 1. The van der Waals surface area contributed by atoms with Gasteiger partial charge in [-0.25, -0.2) is 0 Å². The molecule has 0 amide bonds. The van der Waals surface area contributed by atoms with E-state index in [1.165, 1.54) is 12.3 Å². The molecule has 2 heterocycles. The Balaban J connectivity index is 2.37. The van der Waals surface area contributed by atoms with E-state index in [2.05, 4.69) is 15.1 Å². The van der Waals surface area contributed by atoms with E-state index in [0.29, 0.717) is 17.4 Å². The van der Waals surface area contributed by atoms with E-state index in [9.17, 15) is 5.11 Å². The first-order valence-electron chi connectivity index (χ1n) is 4.32. The standard InChI is InChI=1S/C9H10N4O2/c1-13(2)9-11-8(15-12-9)6-3-7(14)5-10-4-6/h3-5,14H,1-2H3. The first kappa shape index (κ1) is 9.45. The lowest BCUT2D eigenvalue weighted by atomic mass is 10.3. The molecule has 0 bridgehead atoms. The molecule has 0 aliphatic rings. The van der Waals surface area contributed by atoms with Crippen LogP contribution in [0.2, 0.25) is 0 Å². The lowest BCUT2D eigenvalue weighted by Gasteiger charge is -2.02. The first-order valence-corrected chi connectivity index (χ1v) is 4.32. The number of anilines is 1. The Hall–Kier alpha value is -2.11. The highest BCUT2D eigenvalue weighted by Gasteiger charge is 2.10. The fourth-order valence-corrected chi connectivity index (χ4v) is 1.06. The number of hydrogen-bond acceptors (Lipinski definition) is 6. The second-order valence-corrected chi connectivity index (χ2v) is 3.23. The van der Waals surface area contributed by atoms with Crippen molar-refractivity contribution in [2.75, 3.05) is 19.0 Å². The van der Waals surface area contributed by atoms with Gasteiger partial charge in [-0.15, -0.1) is 0 Å². The third-order valence-electron chi connectivity index (χ3n) is 1.79. The van der Waals surface area contributed by atoms with Crippen molar-refractivity contribution >= 4 is 5.95 Å². The highest BCUT2D eigenvalue weighted by molar-refractivity contribution is 5.54. The maximum atomic E-state index is 9.23. The van der Waals surface area contributed by atoms with Crippen molar-refractivity contribution in [2.45, 2.75) is 0 Å². The van der Waals surface area contributed by atoms with Gasteiger partial charge >= 0.3 is 0 Å². The minimum Gasteiger partial charge on any atom is -0.506 e. The van der Waals surface area contributed by atoms with Gasteiger partial charge in [-0.3, -0.25) is 4.98 Å². The van der Waals surface area contributed by atoms with E-state index >= 15 is 0 Å². The summed E-state index contributed by atoms with van der Waals surface area (Å²) in [6.45, 7) is 0. The third kappa shape index (κ3) is 1.88. The van der Waals surface area contributed by atoms with E-state index in [1.54, 1.807) is 11.1 Å². The van der Waals surface area contributed by atoms with Gasteiger partial charge in [0.05, 0.1) is 11.8 Å². The summed E-state index contributed by atoms with van der Waals surface area (Å²) >= 11 is 0. The van der Waals surface area contributed by atoms with Gasteiger partial charge in [-0.2, -0.15) is 4.98 Å². The summed E-state index contributed by atoms with van der Waals surface area (Å²) in [5.41, 5.74) is 0.593. The Labute approximate surface area is 86.2 Å². The highest BCUT2D eigenvalue weighted by atomic mass is 16.5. The van der Waals surface area contributed by atoms with Crippen LogP contribution >= 0.6 is 0 Å². The molecule has 2 aromatic heterocycles. The summed E-state index contributed by atoms with van der Waals surface area (Å²) in [6.07, 6.45) is 2.89. The van der Waals surface area contributed by atoms with Gasteiger partial charge in [-0.1, -0.05) is 0 Å². The number of aromatic nitrogens is 3. The predicted molar refractivity (Wildman–Crippen MR) is 53.5 cm³/mol. The third-order valence-corrected chi connectivity index (χ3v) is 1.79. The van der Waals surface area contributed by atoms with Crippen molar-refractivity contribution < 1.29 is 9.63 Å². The number of rotatable bonds is 2. The first-order chi connectivity index (χ1) is 7.16. The van der Waals surface area contributed by atoms with Crippen molar-refractivity contribution in [1.82, 2.24) is 15.1 Å². The van der Waals surface area contributed by atoms with Crippen LogP contribution < -0.4 is 4.90 Å². The molecule has 0 atom stereocenters. The van der Waals surface area contributed by atoms with Crippen LogP contribution in [0.4, 0.5) is 5.95 Å². The lowest BCUT2D eigenvalue weighted by molar-refractivity contribution is 0.429. The molecule has 2 aromatic rings. The fraction of sp³-hybridized carbons (Fsp3) is 0.222. The quantitative estimate of drug-likeness (QED) is 0.786. The fourth-order valence-electron chi connectivity index (χ4n) is 1.06. The molecule has 0 saturated carbocycles. The highest BCUT2D eigenvalue weighted by Crippen LogP contribution is 2.21. The Morgan fingerprint density at radius 3 is 2.73 bits per heavy atom. The van der Waals surface area contributed by atoms with Crippen molar-refractivity contribution in [3.63, 3.8) is 0 Å². The van der Waals surface area contributed by atoms with Gasteiger partial charge in [0, 0.05) is 20.3 Å². The second kappa shape index (κ2) is 3.56. The van der Waals surface area contributed by atoms with Crippen molar-refractivity contribution in [3.8, 4) is 17.2 Å². The monoisotopic (exact) mass is 206 g/mol. The number of hydrogen-bond donors (Lipinski definition) is 1. The largest absolute Gasteiger partial charge is 0.506 e. The Kier molecular flexibility index (Phi) is 2.24. The van der Waals surface area contributed by atoms with Crippen LogP contribution in [0.1, 0.15) is 0 Å². The molecule has 0 radical (unpaired) electrons. The normalized spacial score (nSPS) is 10.3. The van der Waals surface area contributed by atoms with Gasteiger partial charge in [0.2, 0.25) is 0 Å². The summed E-state index contributed by atoms with van der Waals surface area (Å²) in [5.74, 6) is 0.882. The minimum atomic E-state index is 0.0668. The zero-order valence-electron chi connectivity index (χ0n) is 8.38. The van der Waals surface area contributed by atoms with Gasteiger partial charge in [0.15, 0.2) is 0 Å². The van der Waals surface area contributed by atoms with Crippen molar-refractivity contribution in [1.29, 1.82) is 0 Å². The average Bonchev–Trinajstić information content (AvgIpc) is 2.66. The van der Waals surface area contributed by atoms with Crippen LogP contribution in [0, 0.1) is 0 Å². The molecule has 0 saturated heterocycles.